The number of halogens is 4. The van der Waals surface area contributed by atoms with E-state index in [-0.39, 0.29) is 11.5 Å². The van der Waals surface area contributed by atoms with Gasteiger partial charge in [0, 0.05) is 15.6 Å². The molecule has 0 amide bonds. The quantitative estimate of drug-likeness (QED) is 0.511. The Kier molecular flexibility index (Phi) is 3.83. The fraction of sp³-hybridized carbons (Fsp3) is 0.0588. The number of hydrogen-bond acceptors (Lipinski definition) is 1. The molecule has 5 heteroatoms. The first kappa shape index (κ1) is 14.9. The molecule has 0 saturated heterocycles. The third-order valence-electron chi connectivity index (χ3n) is 3.18. The summed E-state index contributed by atoms with van der Waals surface area (Å²) in [6, 6.07) is 16.3. The molecule has 2 aromatic carbocycles. The van der Waals surface area contributed by atoms with Crippen LogP contribution < -0.4 is 0 Å². The Morgan fingerprint density at radius 3 is 2.14 bits per heavy atom. The summed E-state index contributed by atoms with van der Waals surface area (Å²) in [6.45, 7) is 0. The second kappa shape index (κ2) is 5.65. The summed E-state index contributed by atoms with van der Waals surface area (Å²) in [7, 11) is 0. The van der Waals surface area contributed by atoms with E-state index in [1.165, 1.54) is 0 Å². The lowest BCUT2D eigenvalue weighted by Crippen LogP contribution is -2.04. The predicted octanol–water partition coefficient (Wildman–Crippen LogP) is 6.39. The number of benzene rings is 2. The Bertz CT molecular complexity index is 791. The molecule has 3 rings (SSSR count). The van der Waals surface area contributed by atoms with Crippen LogP contribution >= 0.6 is 15.9 Å². The highest BCUT2D eigenvalue weighted by atomic mass is 79.9. The highest BCUT2D eigenvalue weighted by Crippen LogP contribution is 2.42. The van der Waals surface area contributed by atoms with Crippen LogP contribution in [0.25, 0.3) is 22.6 Å². The average Bonchev–Trinajstić information content (AvgIpc) is 2.93. The second-order valence-electron chi connectivity index (χ2n) is 4.73. The number of hydrogen-bond donors (Lipinski definition) is 0. The second-order valence-corrected chi connectivity index (χ2v) is 5.64. The SMILES string of the molecule is FC(F)(F)c1cc(-c2cccc(Br)c2)oc1-c1ccccc1. The van der Waals surface area contributed by atoms with Crippen LogP contribution in [0.1, 0.15) is 5.56 Å². The number of rotatable bonds is 2. The van der Waals surface area contributed by atoms with E-state index in [9.17, 15) is 13.2 Å². The van der Waals surface area contributed by atoms with Crippen molar-refractivity contribution < 1.29 is 17.6 Å². The minimum absolute atomic E-state index is 0.164. The molecular weight excluding hydrogens is 357 g/mol. The summed E-state index contributed by atoms with van der Waals surface area (Å²) in [4.78, 5) is 0. The molecule has 0 spiro atoms. The fourth-order valence-corrected chi connectivity index (χ4v) is 2.59. The molecule has 1 heterocycles. The largest absolute Gasteiger partial charge is 0.455 e. The van der Waals surface area contributed by atoms with Gasteiger partial charge in [-0.1, -0.05) is 58.4 Å². The zero-order chi connectivity index (χ0) is 15.7. The molecule has 0 fully saturated rings. The topological polar surface area (TPSA) is 13.1 Å². The van der Waals surface area contributed by atoms with Gasteiger partial charge in [-0.3, -0.25) is 0 Å². The first-order chi connectivity index (χ1) is 10.4. The summed E-state index contributed by atoms with van der Waals surface area (Å²) in [5.74, 6) is 0.0237. The van der Waals surface area contributed by atoms with Crippen molar-refractivity contribution in [2.75, 3.05) is 0 Å². The molecule has 0 N–H and O–H groups in total. The number of alkyl halides is 3. The maximum absolute atomic E-state index is 13.3. The van der Waals surface area contributed by atoms with Crippen LogP contribution in [0.2, 0.25) is 0 Å². The third-order valence-corrected chi connectivity index (χ3v) is 3.68. The van der Waals surface area contributed by atoms with Gasteiger partial charge in [0.25, 0.3) is 0 Å². The van der Waals surface area contributed by atoms with Gasteiger partial charge in [0.2, 0.25) is 0 Å². The van der Waals surface area contributed by atoms with Gasteiger partial charge in [-0.25, -0.2) is 0 Å². The van der Waals surface area contributed by atoms with Crippen LogP contribution in [0.15, 0.2) is 69.6 Å². The van der Waals surface area contributed by atoms with E-state index in [0.717, 1.165) is 10.5 Å². The Hall–Kier alpha value is -2.01. The van der Waals surface area contributed by atoms with Gasteiger partial charge in [-0.05, 0) is 18.2 Å². The van der Waals surface area contributed by atoms with Crippen molar-refractivity contribution in [3.63, 3.8) is 0 Å². The van der Waals surface area contributed by atoms with Gasteiger partial charge in [0.05, 0.1) is 0 Å². The molecule has 0 unspecified atom stereocenters. The van der Waals surface area contributed by atoms with E-state index in [2.05, 4.69) is 15.9 Å². The zero-order valence-electron chi connectivity index (χ0n) is 11.2. The lowest BCUT2D eigenvalue weighted by atomic mass is 10.1. The number of furan rings is 1. The molecule has 0 saturated carbocycles. The lowest BCUT2D eigenvalue weighted by molar-refractivity contribution is -0.137. The fourth-order valence-electron chi connectivity index (χ4n) is 2.19. The monoisotopic (exact) mass is 366 g/mol. The Morgan fingerprint density at radius 1 is 0.818 bits per heavy atom. The normalized spacial score (nSPS) is 11.6. The Balaban J connectivity index is 2.18. The Morgan fingerprint density at radius 2 is 1.50 bits per heavy atom. The molecule has 0 aliphatic carbocycles. The third kappa shape index (κ3) is 2.95. The summed E-state index contributed by atoms with van der Waals surface area (Å²) in [6.07, 6.45) is -4.47. The summed E-state index contributed by atoms with van der Waals surface area (Å²) >= 11 is 3.31. The van der Waals surface area contributed by atoms with Crippen molar-refractivity contribution in [1.82, 2.24) is 0 Å². The molecule has 0 aliphatic rings. The van der Waals surface area contributed by atoms with Gasteiger partial charge in [-0.2, -0.15) is 13.2 Å². The molecular formula is C17H10BrF3O. The van der Waals surface area contributed by atoms with Crippen molar-refractivity contribution in [3.8, 4) is 22.6 Å². The smallest absolute Gasteiger partial charge is 0.420 e. The van der Waals surface area contributed by atoms with Gasteiger partial charge in [0.1, 0.15) is 17.1 Å². The van der Waals surface area contributed by atoms with Crippen molar-refractivity contribution in [3.05, 3.63) is 70.7 Å². The van der Waals surface area contributed by atoms with Crippen molar-refractivity contribution >= 4 is 15.9 Å². The van der Waals surface area contributed by atoms with E-state index in [0.29, 0.717) is 11.1 Å². The Labute approximate surface area is 133 Å². The van der Waals surface area contributed by atoms with Crippen LogP contribution in [0.4, 0.5) is 13.2 Å². The molecule has 0 bridgehead atoms. The summed E-state index contributed by atoms with van der Waals surface area (Å²) in [5.41, 5.74) is 0.215. The maximum Gasteiger partial charge on any atom is 0.420 e. The molecule has 0 atom stereocenters. The summed E-state index contributed by atoms with van der Waals surface area (Å²) < 4.78 is 46.1. The average molecular weight is 367 g/mol. The van der Waals surface area contributed by atoms with Gasteiger partial charge >= 0.3 is 6.18 Å². The van der Waals surface area contributed by atoms with Crippen LogP contribution in [0, 0.1) is 0 Å². The molecule has 22 heavy (non-hydrogen) atoms. The van der Waals surface area contributed by atoms with E-state index in [4.69, 9.17) is 4.42 Å². The van der Waals surface area contributed by atoms with E-state index in [1.54, 1.807) is 54.6 Å². The first-order valence-electron chi connectivity index (χ1n) is 6.47. The first-order valence-corrected chi connectivity index (χ1v) is 7.27. The zero-order valence-corrected chi connectivity index (χ0v) is 12.8. The van der Waals surface area contributed by atoms with E-state index in [1.807, 2.05) is 0 Å². The minimum Gasteiger partial charge on any atom is -0.455 e. The van der Waals surface area contributed by atoms with Crippen LogP contribution in [-0.2, 0) is 6.18 Å². The predicted molar refractivity (Wildman–Crippen MR) is 82.3 cm³/mol. The van der Waals surface area contributed by atoms with Gasteiger partial charge in [0.15, 0.2) is 0 Å². The molecule has 1 aromatic heterocycles. The molecule has 1 nitrogen and oxygen atoms in total. The van der Waals surface area contributed by atoms with Crippen LogP contribution in [-0.4, -0.2) is 0 Å². The van der Waals surface area contributed by atoms with Gasteiger partial charge < -0.3 is 4.42 Å². The highest BCUT2D eigenvalue weighted by molar-refractivity contribution is 9.10. The van der Waals surface area contributed by atoms with Gasteiger partial charge in [-0.15, -0.1) is 0 Å². The molecule has 112 valence electrons. The van der Waals surface area contributed by atoms with Crippen molar-refractivity contribution in [2.45, 2.75) is 6.18 Å². The van der Waals surface area contributed by atoms with Crippen molar-refractivity contribution in [1.29, 1.82) is 0 Å². The lowest BCUT2D eigenvalue weighted by Gasteiger charge is -2.05. The molecule has 0 radical (unpaired) electrons. The molecule has 3 aromatic rings. The standard InChI is InChI=1S/C17H10BrF3O/c18-13-8-4-7-12(9-13)15-10-14(17(19,20)21)16(22-15)11-5-2-1-3-6-11/h1-10H. The summed E-state index contributed by atoms with van der Waals surface area (Å²) in [5, 5.41) is 0. The van der Waals surface area contributed by atoms with E-state index < -0.39 is 11.7 Å². The van der Waals surface area contributed by atoms with Crippen LogP contribution in [0.3, 0.4) is 0 Å². The minimum atomic E-state index is -4.47. The van der Waals surface area contributed by atoms with Crippen molar-refractivity contribution in [2.24, 2.45) is 0 Å². The maximum atomic E-state index is 13.3. The highest BCUT2D eigenvalue weighted by Gasteiger charge is 2.37. The van der Waals surface area contributed by atoms with E-state index >= 15 is 0 Å². The van der Waals surface area contributed by atoms with Crippen LogP contribution in [0.5, 0.6) is 0 Å². The molecule has 0 aliphatic heterocycles.